The van der Waals surface area contributed by atoms with Gasteiger partial charge in [-0.3, -0.25) is 0 Å². The fourth-order valence-electron chi connectivity index (χ4n) is 2.98. The van der Waals surface area contributed by atoms with Crippen LogP contribution in [0.5, 0.6) is 0 Å². The molecule has 0 bridgehead atoms. The van der Waals surface area contributed by atoms with Crippen molar-refractivity contribution in [2.75, 3.05) is 6.61 Å². The maximum Gasteiger partial charge on any atom is 0.108 e. The van der Waals surface area contributed by atoms with Gasteiger partial charge in [-0.05, 0) is 75.3 Å². The topological polar surface area (TPSA) is 29.5 Å². The van der Waals surface area contributed by atoms with Gasteiger partial charge in [-0.2, -0.15) is 0 Å². The smallest absolute Gasteiger partial charge is 0.108 e. The van der Waals surface area contributed by atoms with Crippen LogP contribution in [0.1, 0.15) is 53.7 Å². The molecule has 0 aromatic heterocycles. The lowest BCUT2D eigenvalue weighted by Crippen LogP contribution is -2.33. The molecule has 0 saturated carbocycles. The molecule has 2 nitrogen and oxygen atoms in total. The van der Waals surface area contributed by atoms with E-state index in [4.69, 9.17) is 4.74 Å². The van der Waals surface area contributed by atoms with Gasteiger partial charge in [0.25, 0.3) is 0 Å². The summed E-state index contributed by atoms with van der Waals surface area (Å²) in [5.41, 5.74) is 5.53. The summed E-state index contributed by atoms with van der Waals surface area (Å²) in [7, 11) is 0. The Hall–Kier alpha value is -0.860. The molecule has 1 N–H and O–H groups in total. The van der Waals surface area contributed by atoms with Crippen molar-refractivity contribution in [2.24, 2.45) is 0 Å². The number of rotatable bonds is 2. The summed E-state index contributed by atoms with van der Waals surface area (Å²) in [6.07, 6.45) is 1.44. The number of hydrogen-bond acceptors (Lipinski definition) is 2. The standard InChI is InChI=1S/C16H24O2/c1-10-9-11(2)13(4)14(12(10)3)15(17)16(5)7-6-8-18-16/h9,15,17H,6-8H2,1-5H3. The second kappa shape index (κ2) is 4.67. The summed E-state index contributed by atoms with van der Waals surface area (Å²) in [6.45, 7) is 11.2. The molecular formula is C16H24O2. The minimum absolute atomic E-state index is 0.421. The summed E-state index contributed by atoms with van der Waals surface area (Å²) in [5, 5.41) is 10.8. The number of benzene rings is 1. The van der Waals surface area contributed by atoms with Crippen molar-refractivity contribution < 1.29 is 9.84 Å². The number of aryl methyl sites for hydroxylation is 2. The van der Waals surface area contributed by atoms with Crippen molar-refractivity contribution in [3.8, 4) is 0 Å². The fourth-order valence-corrected chi connectivity index (χ4v) is 2.98. The van der Waals surface area contributed by atoms with E-state index in [0.29, 0.717) is 0 Å². The third-order valence-corrected chi connectivity index (χ3v) is 4.53. The van der Waals surface area contributed by atoms with Crippen LogP contribution in [0.15, 0.2) is 6.07 Å². The van der Waals surface area contributed by atoms with Gasteiger partial charge in [0, 0.05) is 6.61 Å². The summed E-state index contributed by atoms with van der Waals surface area (Å²) >= 11 is 0. The molecule has 1 aromatic carbocycles. The normalized spacial score (nSPS) is 25.4. The molecule has 2 unspecified atom stereocenters. The Labute approximate surface area is 110 Å². The van der Waals surface area contributed by atoms with Gasteiger partial charge >= 0.3 is 0 Å². The fraction of sp³-hybridized carbons (Fsp3) is 0.625. The number of aliphatic hydroxyl groups excluding tert-OH is 1. The van der Waals surface area contributed by atoms with Gasteiger partial charge in [0.1, 0.15) is 6.10 Å². The molecule has 1 aromatic rings. The van der Waals surface area contributed by atoms with Gasteiger partial charge in [-0.15, -0.1) is 0 Å². The lowest BCUT2D eigenvalue weighted by Gasteiger charge is -2.32. The van der Waals surface area contributed by atoms with E-state index in [9.17, 15) is 5.11 Å². The number of ether oxygens (including phenoxy) is 1. The molecular weight excluding hydrogens is 224 g/mol. The average molecular weight is 248 g/mol. The SMILES string of the molecule is Cc1cc(C)c(C)c(C(O)C2(C)CCCO2)c1C. The van der Waals surface area contributed by atoms with Crippen molar-refractivity contribution >= 4 is 0 Å². The third-order valence-electron chi connectivity index (χ3n) is 4.53. The minimum Gasteiger partial charge on any atom is -0.385 e. The van der Waals surface area contributed by atoms with Crippen molar-refractivity contribution in [2.45, 2.75) is 59.2 Å². The summed E-state index contributed by atoms with van der Waals surface area (Å²) in [5.74, 6) is 0. The molecule has 1 fully saturated rings. The number of aliphatic hydroxyl groups is 1. The molecule has 1 aliphatic heterocycles. The predicted molar refractivity (Wildman–Crippen MR) is 73.9 cm³/mol. The first-order valence-corrected chi connectivity index (χ1v) is 6.76. The molecule has 2 atom stereocenters. The zero-order valence-electron chi connectivity index (χ0n) is 12.1. The van der Waals surface area contributed by atoms with Gasteiger partial charge in [0.2, 0.25) is 0 Å². The Morgan fingerprint density at radius 2 is 1.72 bits per heavy atom. The molecule has 1 heterocycles. The Balaban J connectivity index is 2.50. The Kier molecular flexibility index (Phi) is 3.52. The van der Waals surface area contributed by atoms with Crippen LogP contribution in [0, 0.1) is 27.7 Å². The highest BCUT2D eigenvalue weighted by Crippen LogP contribution is 2.40. The van der Waals surface area contributed by atoms with Crippen LogP contribution in [0.4, 0.5) is 0 Å². The first-order valence-electron chi connectivity index (χ1n) is 6.76. The van der Waals surface area contributed by atoms with Gasteiger partial charge in [-0.25, -0.2) is 0 Å². The maximum absolute atomic E-state index is 10.8. The molecule has 100 valence electrons. The molecule has 0 spiro atoms. The van der Waals surface area contributed by atoms with Gasteiger partial charge in [0.05, 0.1) is 5.60 Å². The zero-order valence-corrected chi connectivity index (χ0v) is 12.1. The Bertz CT molecular complexity index is 430. The van der Waals surface area contributed by atoms with Crippen LogP contribution in [0.3, 0.4) is 0 Å². The van der Waals surface area contributed by atoms with Crippen molar-refractivity contribution in [1.82, 2.24) is 0 Å². The summed E-state index contributed by atoms with van der Waals surface area (Å²) in [4.78, 5) is 0. The van der Waals surface area contributed by atoms with Crippen LogP contribution in [-0.2, 0) is 4.74 Å². The Morgan fingerprint density at radius 3 is 2.17 bits per heavy atom. The van der Waals surface area contributed by atoms with Crippen molar-refractivity contribution in [1.29, 1.82) is 0 Å². The van der Waals surface area contributed by atoms with E-state index in [1.807, 2.05) is 6.92 Å². The van der Waals surface area contributed by atoms with E-state index in [0.717, 1.165) is 25.0 Å². The van der Waals surface area contributed by atoms with E-state index in [-0.39, 0.29) is 0 Å². The first kappa shape index (κ1) is 13.6. The lowest BCUT2D eigenvalue weighted by atomic mass is 9.83. The van der Waals surface area contributed by atoms with Crippen molar-refractivity contribution in [3.05, 3.63) is 33.9 Å². The molecule has 0 amide bonds. The second-order valence-electron chi connectivity index (χ2n) is 5.84. The minimum atomic E-state index is -0.529. The predicted octanol–water partition coefficient (Wildman–Crippen LogP) is 3.52. The average Bonchev–Trinajstić information content (AvgIpc) is 2.75. The third kappa shape index (κ3) is 2.08. The molecule has 0 radical (unpaired) electrons. The van der Waals surface area contributed by atoms with Crippen molar-refractivity contribution in [3.63, 3.8) is 0 Å². The van der Waals surface area contributed by atoms with E-state index >= 15 is 0 Å². The molecule has 2 rings (SSSR count). The quantitative estimate of drug-likeness (QED) is 0.867. The maximum atomic E-state index is 10.8. The Morgan fingerprint density at radius 1 is 1.17 bits per heavy atom. The lowest BCUT2D eigenvalue weighted by molar-refractivity contribution is -0.0801. The molecule has 2 heteroatoms. The van der Waals surface area contributed by atoms with Crippen LogP contribution >= 0.6 is 0 Å². The van der Waals surface area contributed by atoms with Gasteiger partial charge in [-0.1, -0.05) is 6.07 Å². The first-order chi connectivity index (χ1) is 8.37. The van der Waals surface area contributed by atoms with E-state index in [2.05, 4.69) is 33.8 Å². The van der Waals surface area contributed by atoms with E-state index < -0.39 is 11.7 Å². The van der Waals surface area contributed by atoms with Crippen LogP contribution in [0.25, 0.3) is 0 Å². The number of hydrogen-bond donors (Lipinski definition) is 1. The van der Waals surface area contributed by atoms with Crippen LogP contribution in [-0.4, -0.2) is 17.3 Å². The summed E-state index contributed by atoms with van der Waals surface area (Å²) < 4.78 is 5.80. The van der Waals surface area contributed by atoms with Crippen LogP contribution < -0.4 is 0 Å². The highest BCUT2D eigenvalue weighted by molar-refractivity contribution is 5.46. The molecule has 1 aliphatic rings. The molecule has 0 aliphatic carbocycles. The molecule has 18 heavy (non-hydrogen) atoms. The summed E-state index contributed by atoms with van der Waals surface area (Å²) in [6, 6.07) is 2.19. The van der Waals surface area contributed by atoms with Crippen LogP contribution in [0.2, 0.25) is 0 Å². The van der Waals surface area contributed by atoms with Gasteiger partial charge < -0.3 is 9.84 Å². The van der Waals surface area contributed by atoms with E-state index in [1.54, 1.807) is 0 Å². The largest absolute Gasteiger partial charge is 0.385 e. The van der Waals surface area contributed by atoms with E-state index in [1.165, 1.54) is 22.3 Å². The molecule has 1 saturated heterocycles. The second-order valence-corrected chi connectivity index (χ2v) is 5.84. The monoisotopic (exact) mass is 248 g/mol. The highest BCUT2D eigenvalue weighted by Gasteiger charge is 2.39. The highest BCUT2D eigenvalue weighted by atomic mass is 16.5. The van der Waals surface area contributed by atoms with Gasteiger partial charge in [0.15, 0.2) is 0 Å². The zero-order chi connectivity index (χ0) is 13.5.